The van der Waals surface area contributed by atoms with Crippen LogP contribution in [0.5, 0.6) is 5.75 Å². The van der Waals surface area contributed by atoms with E-state index in [2.05, 4.69) is 4.72 Å². The van der Waals surface area contributed by atoms with Gasteiger partial charge in [-0.15, -0.1) is 0 Å². The predicted octanol–water partition coefficient (Wildman–Crippen LogP) is 4.03. The fourth-order valence-electron chi connectivity index (χ4n) is 3.10. The van der Waals surface area contributed by atoms with E-state index in [1.54, 1.807) is 24.3 Å². The van der Waals surface area contributed by atoms with Gasteiger partial charge in [0, 0.05) is 17.3 Å². The summed E-state index contributed by atoms with van der Waals surface area (Å²) in [6.07, 6.45) is 4.65. The molecule has 2 aromatic rings. The Bertz CT molecular complexity index is 904. The molecule has 1 aliphatic carbocycles. The van der Waals surface area contributed by atoms with E-state index in [-0.39, 0.29) is 22.3 Å². The molecule has 8 heteroatoms. The van der Waals surface area contributed by atoms with Gasteiger partial charge in [-0.25, -0.2) is 8.42 Å². The second-order valence-electron chi connectivity index (χ2n) is 6.31. The Hall–Kier alpha value is -2.61. The molecular weight excluding hydrogens is 356 g/mol. The van der Waals surface area contributed by atoms with Crippen molar-refractivity contribution in [2.75, 3.05) is 4.72 Å². The van der Waals surface area contributed by atoms with E-state index in [1.807, 2.05) is 0 Å². The molecule has 1 fully saturated rings. The number of ether oxygens (including phenoxy) is 1. The minimum Gasteiger partial charge on any atom is -0.490 e. The van der Waals surface area contributed by atoms with Gasteiger partial charge < -0.3 is 4.74 Å². The first-order valence-electron chi connectivity index (χ1n) is 8.40. The summed E-state index contributed by atoms with van der Waals surface area (Å²) in [5, 5.41) is 11.0. The molecule has 26 heavy (non-hydrogen) atoms. The Kier molecular flexibility index (Phi) is 5.13. The number of rotatable bonds is 6. The molecule has 1 N–H and O–H groups in total. The molecule has 0 bridgehead atoms. The van der Waals surface area contributed by atoms with Gasteiger partial charge >= 0.3 is 0 Å². The third-order valence-corrected chi connectivity index (χ3v) is 5.98. The lowest BCUT2D eigenvalue weighted by molar-refractivity contribution is -0.385. The van der Waals surface area contributed by atoms with Gasteiger partial charge in [0.2, 0.25) is 0 Å². The SMILES string of the molecule is Cc1c([N+](=O)[O-])cccc1S(=O)(=O)Nc1ccc(OC2CCCC2)cc1. The zero-order chi connectivity index (χ0) is 18.7. The highest BCUT2D eigenvalue weighted by Crippen LogP contribution is 2.28. The number of nitrogens with zero attached hydrogens (tertiary/aromatic N) is 1. The Labute approximate surface area is 152 Å². The van der Waals surface area contributed by atoms with Crippen molar-refractivity contribution in [1.82, 2.24) is 0 Å². The summed E-state index contributed by atoms with van der Waals surface area (Å²) >= 11 is 0. The van der Waals surface area contributed by atoms with Crippen LogP contribution >= 0.6 is 0 Å². The molecule has 1 aliphatic rings. The van der Waals surface area contributed by atoms with E-state index in [0.29, 0.717) is 11.4 Å². The maximum Gasteiger partial charge on any atom is 0.273 e. The standard InChI is InChI=1S/C18H20N2O5S/c1-13-17(20(21)22)7-4-8-18(13)26(23,24)19-14-9-11-16(12-10-14)25-15-5-2-3-6-15/h4,7-12,15,19H,2-3,5-6H2,1H3. The second-order valence-corrected chi connectivity index (χ2v) is 7.96. The van der Waals surface area contributed by atoms with Gasteiger partial charge in [-0.05, 0) is 62.9 Å². The highest BCUT2D eigenvalue weighted by molar-refractivity contribution is 7.92. The van der Waals surface area contributed by atoms with Crippen LogP contribution in [0.15, 0.2) is 47.4 Å². The summed E-state index contributed by atoms with van der Waals surface area (Å²) < 4.78 is 33.5. The van der Waals surface area contributed by atoms with E-state index in [4.69, 9.17) is 4.74 Å². The van der Waals surface area contributed by atoms with Crippen LogP contribution in [0.4, 0.5) is 11.4 Å². The van der Waals surface area contributed by atoms with Crippen molar-refractivity contribution in [3.63, 3.8) is 0 Å². The summed E-state index contributed by atoms with van der Waals surface area (Å²) in [4.78, 5) is 10.3. The largest absolute Gasteiger partial charge is 0.490 e. The number of nitrogens with one attached hydrogen (secondary N) is 1. The van der Waals surface area contributed by atoms with E-state index in [1.165, 1.54) is 38.0 Å². The maximum absolute atomic E-state index is 12.6. The van der Waals surface area contributed by atoms with Crippen LogP contribution in [0, 0.1) is 17.0 Å². The number of nitro benzene ring substituents is 1. The summed E-state index contributed by atoms with van der Waals surface area (Å²) in [5.74, 6) is 0.700. The molecule has 1 saturated carbocycles. The Morgan fingerprint density at radius 2 is 1.77 bits per heavy atom. The predicted molar refractivity (Wildman–Crippen MR) is 98.0 cm³/mol. The van der Waals surface area contributed by atoms with Gasteiger partial charge in [0.15, 0.2) is 0 Å². The normalized spacial score (nSPS) is 15.0. The van der Waals surface area contributed by atoms with Crippen molar-refractivity contribution in [3.05, 3.63) is 58.1 Å². The number of hydrogen-bond donors (Lipinski definition) is 1. The van der Waals surface area contributed by atoms with Crippen LogP contribution in [0.2, 0.25) is 0 Å². The van der Waals surface area contributed by atoms with Crippen molar-refractivity contribution in [1.29, 1.82) is 0 Å². The maximum atomic E-state index is 12.6. The average Bonchev–Trinajstić information content (AvgIpc) is 3.09. The first-order chi connectivity index (χ1) is 12.4. The summed E-state index contributed by atoms with van der Waals surface area (Å²) in [7, 11) is -3.93. The summed E-state index contributed by atoms with van der Waals surface area (Å²) in [6, 6.07) is 10.7. The van der Waals surface area contributed by atoms with Crippen molar-refractivity contribution in [2.24, 2.45) is 0 Å². The molecule has 0 spiro atoms. The average molecular weight is 376 g/mol. The molecule has 0 aromatic heterocycles. The molecule has 138 valence electrons. The van der Waals surface area contributed by atoms with Crippen LogP contribution in [0.1, 0.15) is 31.2 Å². The van der Waals surface area contributed by atoms with Crippen molar-refractivity contribution < 1.29 is 18.1 Å². The molecule has 0 radical (unpaired) electrons. The van der Waals surface area contributed by atoms with E-state index in [0.717, 1.165) is 12.8 Å². The first-order valence-corrected chi connectivity index (χ1v) is 9.89. The molecule has 3 rings (SSSR count). The van der Waals surface area contributed by atoms with Gasteiger partial charge in [0.1, 0.15) is 5.75 Å². The Morgan fingerprint density at radius 1 is 1.12 bits per heavy atom. The third kappa shape index (κ3) is 3.96. The molecule has 7 nitrogen and oxygen atoms in total. The lowest BCUT2D eigenvalue weighted by Crippen LogP contribution is -2.15. The lowest BCUT2D eigenvalue weighted by Gasteiger charge is -2.14. The van der Waals surface area contributed by atoms with Gasteiger partial charge in [0.25, 0.3) is 15.7 Å². The monoisotopic (exact) mass is 376 g/mol. The number of hydrogen-bond acceptors (Lipinski definition) is 5. The van der Waals surface area contributed by atoms with Crippen LogP contribution in [0.25, 0.3) is 0 Å². The number of benzene rings is 2. The van der Waals surface area contributed by atoms with Crippen molar-refractivity contribution >= 4 is 21.4 Å². The highest BCUT2D eigenvalue weighted by atomic mass is 32.2. The van der Waals surface area contributed by atoms with Crippen LogP contribution in [-0.4, -0.2) is 19.4 Å². The zero-order valence-corrected chi connectivity index (χ0v) is 15.2. The van der Waals surface area contributed by atoms with Gasteiger partial charge in [0.05, 0.1) is 15.9 Å². The molecule has 2 aromatic carbocycles. The third-order valence-electron chi connectivity index (χ3n) is 4.45. The smallest absolute Gasteiger partial charge is 0.273 e. The first kappa shape index (κ1) is 18.2. The Balaban J connectivity index is 1.77. The minimum absolute atomic E-state index is 0.103. The zero-order valence-electron chi connectivity index (χ0n) is 14.3. The van der Waals surface area contributed by atoms with Gasteiger partial charge in [-0.2, -0.15) is 0 Å². The second kappa shape index (κ2) is 7.33. The number of anilines is 1. The molecule has 0 unspecified atom stereocenters. The van der Waals surface area contributed by atoms with Gasteiger partial charge in [-0.1, -0.05) is 6.07 Å². The van der Waals surface area contributed by atoms with Crippen LogP contribution < -0.4 is 9.46 Å². The minimum atomic E-state index is -3.93. The topological polar surface area (TPSA) is 98.5 Å². The van der Waals surface area contributed by atoms with E-state index < -0.39 is 14.9 Å². The fraction of sp³-hybridized carbons (Fsp3) is 0.333. The molecule has 0 atom stereocenters. The number of sulfonamides is 1. The van der Waals surface area contributed by atoms with Crippen molar-refractivity contribution in [2.45, 2.75) is 43.6 Å². The number of nitro groups is 1. The Morgan fingerprint density at radius 3 is 2.38 bits per heavy atom. The molecular formula is C18H20N2O5S. The molecule has 0 heterocycles. The molecule has 0 saturated heterocycles. The van der Waals surface area contributed by atoms with Crippen LogP contribution in [-0.2, 0) is 10.0 Å². The van der Waals surface area contributed by atoms with E-state index >= 15 is 0 Å². The fourth-order valence-corrected chi connectivity index (χ4v) is 4.42. The summed E-state index contributed by atoms with van der Waals surface area (Å²) in [5.41, 5.74) is 0.244. The highest BCUT2D eigenvalue weighted by Gasteiger charge is 2.23. The molecule has 0 amide bonds. The van der Waals surface area contributed by atoms with Crippen molar-refractivity contribution in [3.8, 4) is 5.75 Å². The van der Waals surface area contributed by atoms with Gasteiger partial charge in [-0.3, -0.25) is 14.8 Å². The molecule has 0 aliphatic heterocycles. The summed E-state index contributed by atoms with van der Waals surface area (Å²) in [6.45, 7) is 1.42. The van der Waals surface area contributed by atoms with Crippen LogP contribution in [0.3, 0.4) is 0 Å². The lowest BCUT2D eigenvalue weighted by atomic mass is 10.2. The quantitative estimate of drug-likeness (QED) is 0.606. The van der Waals surface area contributed by atoms with E-state index in [9.17, 15) is 18.5 Å².